The molecule has 0 aliphatic carbocycles. The third kappa shape index (κ3) is 2.88. The smallest absolute Gasteiger partial charge is 0.138 e. The van der Waals surface area contributed by atoms with Crippen LogP contribution < -0.4 is 4.74 Å². The molecule has 0 bridgehead atoms. The highest BCUT2D eigenvalue weighted by Gasteiger charge is 2.14. The Hall–Kier alpha value is -1.45. The van der Waals surface area contributed by atoms with E-state index in [1.54, 1.807) is 11.3 Å². The molecule has 1 atom stereocenters. The van der Waals surface area contributed by atoms with Gasteiger partial charge in [0.25, 0.3) is 0 Å². The molecule has 2 nitrogen and oxygen atoms in total. The molecule has 1 unspecified atom stereocenters. The van der Waals surface area contributed by atoms with Gasteiger partial charge in [-0.15, -0.1) is 11.3 Å². The van der Waals surface area contributed by atoms with Crippen molar-refractivity contribution < 1.29 is 4.74 Å². The summed E-state index contributed by atoms with van der Waals surface area (Å²) in [6, 6.07) is 4.50. The summed E-state index contributed by atoms with van der Waals surface area (Å²) in [5, 5.41) is 1.87. The fourth-order valence-corrected chi connectivity index (χ4v) is 4.17. The van der Waals surface area contributed by atoms with Crippen molar-refractivity contribution in [1.82, 2.24) is 4.90 Å². The van der Waals surface area contributed by atoms with Crippen molar-refractivity contribution in [3.05, 3.63) is 52.0 Å². The third-order valence-electron chi connectivity index (χ3n) is 4.14. The minimum absolute atomic E-state index is 0.410. The van der Waals surface area contributed by atoms with Gasteiger partial charge in [0.05, 0.1) is 11.6 Å². The molecule has 4 heteroatoms. The Labute approximate surface area is 140 Å². The van der Waals surface area contributed by atoms with Gasteiger partial charge in [0.2, 0.25) is 0 Å². The van der Waals surface area contributed by atoms with Crippen LogP contribution >= 0.6 is 22.9 Å². The minimum Gasteiger partial charge on any atom is -0.490 e. The lowest BCUT2D eigenvalue weighted by molar-refractivity contribution is 0.238. The summed E-state index contributed by atoms with van der Waals surface area (Å²) in [4.78, 5) is 3.57. The van der Waals surface area contributed by atoms with E-state index in [0.29, 0.717) is 12.6 Å². The lowest BCUT2D eigenvalue weighted by atomic mass is 10.1. The molecular weight excluding hydrogens is 314 g/mol. The molecule has 0 saturated carbocycles. The number of nitrogens with zero attached hydrogens (tertiary/aromatic N) is 1. The van der Waals surface area contributed by atoms with Crippen molar-refractivity contribution in [3.8, 4) is 5.75 Å². The number of hydrogen-bond acceptors (Lipinski definition) is 3. The maximum atomic E-state index is 6.55. The van der Waals surface area contributed by atoms with Crippen LogP contribution in [-0.4, -0.2) is 24.1 Å². The molecule has 116 valence electrons. The molecule has 0 fully saturated rings. The maximum Gasteiger partial charge on any atom is 0.138 e. The van der Waals surface area contributed by atoms with E-state index in [-0.39, 0.29) is 0 Å². The predicted octanol–water partition coefficient (Wildman–Crippen LogP) is 5.32. The van der Waals surface area contributed by atoms with Gasteiger partial charge in [-0.2, -0.15) is 0 Å². The van der Waals surface area contributed by atoms with Gasteiger partial charge >= 0.3 is 0 Å². The van der Waals surface area contributed by atoms with Crippen molar-refractivity contribution in [2.45, 2.75) is 26.8 Å². The number of benzene rings is 1. The second-order valence-electron chi connectivity index (χ2n) is 5.59. The van der Waals surface area contributed by atoms with Crippen molar-refractivity contribution in [2.75, 3.05) is 13.2 Å². The molecular formula is C18H20ClNOS. The summed E-state index contributed by atoms with van der Waals surface area (Å²) in [5.41, 5.74) is 1.26. The largest absolute Gasteiger partial charge is 0.490 e. The number of allylic oxidation sites excluding steroid dienone is 2. The van der Waals surface area contributed by atoms with Crippen LogP contribution in [0.1, 0.15) is 17.4 Å². The molecule has 0 N–H and O–H groups in total. The summed E-state index contributed by atoms with van der Waals surface area (Å²) < 4.78 is 7.16. The summed E-state index contributed by atoms with van der Waals surface area (Å²) in [6.07, 6.45) is 8.41. The van der Waals surface area contributed by atoms with E-state index in [0.717, 1.165) is 22.7 Å². The van der Waals surface area contributed by atoms with Crippen LogP contribution in [0.2, 0.25) is 5.02 Å². The SMILES string of the molecule is Cc1sc2ccc(OCCN3C=CC=CC3C)c(Cl)c2c1C. The molecule has 0 radical (unpaired) electrons. The number of thiophene rings is 1. The number of hydrogen-bond donors (Lipinski definition) is 0. The highest BCUT2D eigenvalue weighted by molar-refractivity contribution is 7.19. The second-order valence-corrected chi connectivity index (χ2v) is 7.22. The molecule has 0 saturated heterocycles. The van der Waals surface area contributed by atoms with Gasteiger partial charge in [0, 0.05) is 21.0 Å². The molecule has 0 amide bonds. The molecule has 0 spiro atoms. The Kier molecular flexibility index (Phi) is 4.46. The van der Waals surface area contributed by atoms with Gasteiger partial charge in [-0.25, -0.2) is 0 Å². The lowest BCUT2D eigenvalue weighted by Crippen LogP contribution is -2.31. The Balaban J connectivity index is 1.72. The lowest BCUT2D eigenvalue weighted by Gasteiger charge is -2.27. The van der Waals surface area contributed by atoms with Crippen LogP contribution in [0, 0.1) is 13.8 Å². The highest BCUT2D eigenvalue weighted by Crippen LogP contribution is 2.40. The molecule has 22 heavy (non-hydrogen) atoms. The van der Waals surface area contributed by atoms with Gasteiger partial charge in [-0.1, -0.05) is 23.8 Å². The molecule has 2 aromatic rings. The van der Waals surface area contributed by atoms with E-state index in [1.807, 2.05) is 6.07 Å². The number of halogens is 1. The zero-order chi connectivity index (χ0) is 15.7. The van der Waals surface area contributed by atoms with Gasteiger partial charge < -0.3 is 9.64 Å². The number of aryl methyl sites for hydroxylation is 2. The standard InChI is InChI=1S/C18H20ClNOS/c1-12-6-4-5-9-20(12)10-11-21-15-7-8-16-17(18(15)19)13(2)14(3)22-16/h4-9,12H,10-11H2,1-3H3. The Morgan fingerprint density at radius 1 is 1.27 bits per heavy atom. The van der Waals surface area contributed by atoms with Gasteiger partial charge in [0.15, 0.2) is 0 Å². The molecule has 1 aromatic carbocycles. The van der Waals surface area contributed by atoms with Crippen molar-refractivity contribution in [3.63, 3.8) is 0 Å². The van der Waals surface area contributed by atoms with Gasteiger partial charge in [-0.3, -0.25) is 0 Å². The van der Waals surface area contributed by atoms with Crippen LogP contribution in [0.25, 0.3) is 10.1 Å². The second kappa shape index (κ2) is 6.35. The Morgan fingerprint density at radius 2 is 2.09 bits per heavy atom. The van der Waals surface area contributed by atoms with Gasteiger partial charge in [0.1, 0.15) is 12.4 Å². The first kappa shape index (κ1) is 15.4. The monoisotopic (exact) mass is 333 g/mol. The van der Waals surface area contributed by atoms with E-state index < -0.39 is 0 Å². The van der Waals surface area contributed by atoms with Gasteiger partial charge in [-0.05, 0) is 50.7 Å². The zero-order valence-electron chi connectivity index (χ0n) is 13.1. The Morgan fingerprint density at radius 3 is 2.86 bits per heavy atom. The summed E-state index contributed by atoms with van der Waals surface area (Å²) in [7, 11) is 0. The fraction of sp³-hybridized carbons (Fsp3) is 0.333. The van der Waals surface area contributed by atoms with E-state index >= 15 is 0 Å². The van der Waals surface area contributed by atoms with E-state index in [4.69, 9.17) is 16.3 Å². The van der Waals surface area contributed by atoms with Crippen molar-refractivity contribution >= 4 is 33.0 Å². The van der Waals surface area contributed by atoms with Crippen LogP contribution in [0.15, 0.2) is 36.6 Å². The first-order chi connectivity index (χ1) is 10.6. The first-order valence-electron chi connectivity index (χ1n) is 7.49. The first-order valence-corrected chi connectivity index (χ1v) is 8.69. The topological polar surface area (TPSA) is 12.5 Å². The number of rotatable bonds is 4. The quantitative estimate of drug-likeness (QED) is 0.750. The van der Waals surface area contributed by atoms with Crippen LogP contribution in [0.5, 0.6) is 5.75 Å². The predicted molar refractivity (Wildman–Crippen MR) is 96.3 cm³/mol. The molecule has 1 aromatic heterocycles. The normalized spacial score (nSPS) is 17.5. The average molecular weight is 334 g/mol. The highest BCUT2D eigenvalue weighted by atomic mass is 35.5. The molecule has 2 heterocycles. The van der Waals surface area contributed by atoms with E-state index in [1.165, 1.54) is 15.1 Å². The zero-order valence-corrected chi connectivity index (χ0v) is 14.7. The average Bonchev–Trinajstić information content (AvgIpc) is 2.79. The molecule has 3 rings (SSSR count). The van der Waals surface area contributed by atoms with Crippen LogP contribution in [0.3, 0.4) is 0 Å². The molecule has 1 aliphatic heterocycles. The minimum atomic E-state index is 0.410. The van der Waals surface area contributed by atoms with Crippen LogP contribution in [0.4, 0.5) is 0 Å². The summed E-state index contributed by atoms with van der Waals surface area (Å²) in [6.45, 7) is 7.90. The summed E-state index contributed by atoms with van der Waals surface area (Å²) in [5.74, 6) is 0.777. The fourth-order valence-electron chi connectivity index (χ4n) is 2.67. The Bertz CT molecular complexity index is 747. The van der Waals surface area contributed by atoms with Crippen LogP contribution in [-0.2, 0) is 0 Å². The van der Waals surface area contributed by atoms with E-state index in [9.17, 15) is 0 Å². The number of fused-ring (bicyclic) bond motifs is 1. The summed E-state index contributed by atoms with van der Waals surface area (Å²) >= 11 is 8.34. The molecule has 1 aliphatic rings. The van der Waals surface area contributed by atoms with E-state index in [2.05, 4.69) is 56.2 Å². The van der Waals surface area contributed by atoms with Crippen molar-refractivity contribution in [2.24, 2.45) is 0 Å². The maximum absolute atomic E-state index is 6.55. The van der Waals surface area contributed by atoms with Crippen molar-refractivity contribution in [1.29, 1.82) is 0 Å². The number of ether oxygens (including phenoxy) is 1. The third-order valence-corrected chi connectivity index (χ3v) is 5.69.